The second kappa shape index (κ2) is 10.1. The SMILES string of the molecule is CCCCc1oc(C)c2c1C(/C=C/c1ccccc1)N(c1ccccc1)OC2c1ccccc1. The van der Waals surface area contributed by atoms with E-state index in [-0.39, 0.29) is 12.1 Å². The highest BCUT2D eigenvalue weighted by Crippen LogP contribution is 2.47. The average molecular weight is 450 g/mol. The highest BCUT2D eigenvalue weighted by atomic mass is 16.7. The van der Waals surface area contributed by atoms with Gasteiger partial charge in [-0.3, -0.25) is 4.84 Å². The molecule has 1 aliphatic heterocycles. The number of para-hydroxylation sites is 1. The van der Waals surface area contributed by atoms with Gasteiger partial charge in [-0.15, -0.1) is 0 Å². The van der Waals surface area contributed by atoms with E-state index in [0.29, 0.717) is 0 Å². The van der Waals surface area contributed by atoms with E-state index in [1.165, 1.54) is 5.56 Å². The summed E-state index contributed by atoms with van der Waals surface area (Å²) in [4.78, 5) is 6.81. The summed E-state index contributed by atoms with van der Waals surface area (Å²) < 4.78 is 6.45. The number of hydrogen-bond donors (Lipinski definition) is 0. The van der Waals surface area contributed by atoms with Crippen molar-refractivity contribution in [2.24, 2.45) is 0 Å². The summed E-state index contributed by atoms with van der Waals surface area (Å²) in [6.45, 7) is 4.30. The van der Waals surface area contributed by atoms with E-state index in [2.05, 4.69) is 104 Å². The Bertz CT molecular complexity index is 1230. The third-order valence-corrected chi connectivity index (χ3v) is 6.42. The molecule has 1 aliphatic rings. The lowest BCUT2D eigenvalue weighted by Crippen LogP contribution is -2.35. The minimum atomic E-state index is -0.225. The molecule has 5 rings (SSSR count). The van der Waals surface area contributed by atoms with Gasteiger partial charge in [0.2, 0.25) is 0 Å². The molecule has 0 aliphatic carbocycles. The monoisotopic (exact) mass is 449 g/mol. The fraction of sp³-hybridized carbons (Fsp3) is 0.226. The zero-order chi connectivity index (χ0) is 23.3. The number of benzene rings is 3. The first-order chi connectivity index (χ1) is 16.8. The van der Waals surface area contributed by atoms with E-state index in [0.717, 1.165) is 53.2 Å². The van der Waals surface area contributed by atoms with Crippen molar-refractivity contribution < 1.29 is 9.25 Å². The van der Waals surface area contributed by atoms with Crippen molar-refractivity contribution in [2.45, 2.75) is 45.3 Å². The number of nitrogens with zero attached hydrogens (tertiary/aromatic N) is 1. The van der Waals surface area contributed by atoms with Crippen LogP contribution >= 0.6 is 0 Å². The molecule has 0 bridgehead atoms. The predicted octanol–water partition coefficient (Wildman–Crippen LogP) is 8.23. The van der Waals surface area contributed by atoms with Crippen LogP contribution in [0.2, 0.25) is 0 Å². The van der Waals surface area contributed by atoms with Crippen LogP contribution in [0.15, 0.2) is 101 Å². The van der Waals surface area contributed by atoms with E-state index < -0.39 is 0 Å². The summed E-state index contributed by atoms with van der Waals surface area (Å²) in [7, 11) is 0. The molecule has 0 amide bonds. The van der Waals surface area contributed by atoms with Gasteiger partial charge in [0.25, 0.3) is 0 Å². The molecule has 4 aromatic rings. The minimum Gasteiger partial charge on any atom is -0.466 e. The molecule has 0 saturated heterocycles. The van der Waals surface area contributed by atoms with Gasteiger partial charge in [0, 0.05) is 17.5 Å². The van der Waals surface area contributed by atoms with Crippen LogP contribution in [0.4, 0.5) is 5.69 Å². The lowest BCUT2D eigenvalue weighted by atomic mass is 9.90. The molecule has 0 spiro atoms. The van der Waals surface area contributed by atoms with Crippen molar-refractivity contribution in [1.82, 2.24) is 0 Å². The first-order valence-electron chi connectivity index (χ1n) is 12.2. The first kappa shape index (κ1) is 22.2. The van der Waals surface area contributed by atoms with E-state index >= 15 is 0 Å². The van der Waals surface area contributed by atoms with Crippen molar-refractivity contribution in [3.05, 3.63) is 131 Å². The van der Waals surface area contributed by atoms with Crippen molar-refractivity contribution >= 4 is 11.8 Å². The van der Waals surface area contributed by atoms with E-state index in [1.807, 2.05) is 18.2 Å². The number of aryl methyl sites for hydroxylation is 2. The molecule has 3 aromatic carbocycles. The molecule has 0 saturated carbocycles. The predicted molar refractivity (Wildman–Crippen MR) is 139 cm³/mol. The first-order valence-corrected chi connectivity index (χ1v) is 12.2. The van der Waals surface area contributed by atoms with Crippen molar-refractivity contribution in [3.63, 3.8) is 0 Å². The third-order valence-electron chi connectivity index (χ3n) is 6.42. The van der Waals surface area contributed by atoms with Crippen LogP contribution in [0.1, 0.15) is 65.7 Å². The summed E-state index contributed by atoms with van der Waals surface area (Å²) in [5.41, 5.74) is 5.71. The molecule has 172 valence electrons. The quantitative estimate of drug-likeness (QED) is 0.284. The van der Waals surface area contributed by atoms with Crippen LogP contribution in [0.5, 0.6) is 0 Å². The van der Waals surface area contributed by atoms with Crippen LogP contribution < -0.4 is 5.06 Å². The summed E-state index contributed by atoms with van der Waals surface area (Å²) in [5.74, 6) is 2.02. The van der Waals surface area contributed by atoms with Crippen LogP contribution in [-0.4, -0.2) is 0 Å². The van der Waals surface area contributed by atoms with Crippen LogP contribution in [-0.2, 0) is 11.3 Å². The summed E-state index contributed by atoms with van der Waals surface area (Å²) in [6, 6.07) is 31.2. The largest absolute Gasteiger partial charge is 0.466 e. The highest BCUT2D eigenvalue weighted by molar-refractivity contribution is 5.58. The Balaban J connectivity index is 1.68. The van der Waals surface area contributed by atoms with Gasteiger partial charge in [-0.05, 0) is 36.6 Å². The van der Waals surface area contributed by atoms with Gasteiger partial charge < -0.3 is 4.42 Å². The molecular weight excluding hydrogens is 418 g/mol. The number of unbranched alkanes of at least 4 members (excludes halogenated alkanes) is 1. The molecule has 34 heavy (non-hydrogen) atoms. The minimum absolute atomic E-state index is 0.0955. The van der Waals surface area contributed by atoms with E-state index in [4.69, 9.17) is 9.25 Å². The third kappa shape index (κ3) is 4.44. The number of hydrogen-bond acceptors (Lipinski definition) is 3. The number of anilines is 1. The van der Waals surface area contributed by atoms with Gasteiger partial charge in [-0.2, -0.15) is 0 Å². The maximum Gasteiger partial charge on any atom is 0.139 e. The molecule has 0 fully saturated rings. The molecule has 2 heterocycles. The van der Waals surface area contributed by atoms with Gasteiger partial charge in [-0.1, -0.05) is 104 Å². The molecule has 0 radical (unpaired) electrons. The summed E-state index contributed by atoms with van der Waals surface area (Å²) in [5, 5.41) is 2.06. The van der Waals surface area contributed by atoms with Crippen LogP contribution in [0, 0.1) is 6.92 Å². The zero-order valence-corrected chi connectivity index (χ0v) is 19.9. The van der Waals surface area contributed by atoms with E-state index in [1.54, 1.807) is 0 Å². The normalized spacial score (nSPS) is 17.8. The fourth-order valence-corrected chi connectivity index (χ4v) is 4.75. The number of hydroxylamine groups is 1. The van der Waals surface area contributed by atoms with E-state index in [9.17, 15) is 0 Å². The number of rotatable bonds is 7. The van der Waals surface area contributed by atoms with Crippen LogP contribution in [0.3, 0.4) is 0 Å². The standard InChI is InChI=1S/C31H31NO2/c1-3-4-20-28-30-27(22-21-24-14-8-5-9-15-24)32(26-18-12-7-13-19-26)34-31(29(30)23(2)33-28)25-16-10-6-11-17-25/h5-19,21-22,27,31H,3-4,20H2,1-2H3/b22-21+. The van der Waals surface area contributed by atoms with Crippen molar-refractivity contribution in [1.29, 1.82) is 0 Å². The topological polar surface area (TPSA) is 25.6 Å². The summed E-state index contributed by atoms with van der Waals surface area (Å²) in [6.07, 6.45) is 7.34. The van der Waals surface area contributed by atoms with Crippen molar-refractivity contribution in [3.8, 4) is 0 Å². The number of furan rings is 1. The molecule has 1 aromatic heterocycles. The summed E-state index contributed by atoms with van der Waals surface area (Å²) >= 11 is 0. The lowest BCUT2D eigenvalue weighted by Gasteiger charge is -2.39. The maximum absolute atomic E-state index is 6.81. The Hall–Kier alpha value is -3.56. The second-order valence-corrected chi connectivity index (χ2v) is 8.78. The Morgan fingerprint density at radius 1 is 0.824 bits per heavy atom. The smallest absolute Gasteiger partial charge is 0.139 e. The lowest BCUT2D eigenvalue weighted by molar-refractivity contribution is 0.0318. The molecule has 0 N–H and O–H groups in total. The molecule has 3 heteroatoms. The van der Waals surface area contributed by atoms with Gasteiger partial charge >= 0.3 is 0 Å². The molecule has 3 nitrogen and oxygen atoms in total. The van der Waals surface area contributed by atoms with Gasteiger partial charge in [-0.25, -0.2) is 5.06 Å². The van der Waals surface area contributed by atoms with Crippen LogP contribution in [0.25, 0.3) is 6.08 Å². The zero-order valence-electron chi connectivity index (χ0n) is 19.9. The van der Waals surface area contributed by atoms with Gasteiger partial charge in [0.15, 0.2) is 0 Å². The number of fused-ring (bicyclic) bond motifs is 1. The Labute approximate surface area is 202 Å². The Morgan fingerprint density at radius 3 is 2.15 bits per heavy atom. The Morgan fingerprint density at radius 2 is 1.47 bits per heavy atom. The fourth-order valence-electron chi connectivity index (χ4n) is 4.75. The molecule has 2 unspecified atom stereocenters. The molecular formula is C31H31NO2. The van der Waals surface area contributed by atoms with Crippen molar-refractivity contribution in [2.75, 3.05) is 5.06 Å². The van der Waals surface area contributed by atoms with Gasteiger partial charge in [0.05, 0.1) is 5.69 Å². The second-order valence-electron chi connectivity index (χ2n) is 8.78. The average Bonchev–Trinajstić information content (AvgIpc) is 3.23. The Kier molecular flexibility index (Phi) is 6.64. The maximum atomic E-state index is 6.81. The molecule has 2 atom stereocenters. The van der Waals surface area contributed by atoms with Gasteiger partial charge in [0.1, 0.15) is 23.7 Å². The highest BCUT2D eigenvalue weighted by Gasteiger charge is 2.39.